The van der Waals surface area contributed by atoms with Crippen molar-refractivity contribution in [2.75, 3.05) is 24.5 Å². The van der Waals surface area contributed by atoms with Crippen LogP contribution in [0.25, 0.3) is 0 Å². The molecule has 0 atom stereocenters. The summed E-state index contributed by atoms with van der Waals surface area (Å²) in [5, 5.41) is 5.70. The minimum absolute atomic E-state index is 0.208. The Labute approximate surface area is 115 Å². The summed E-state index contributed by atoms with van der Waals surface area (Å²) in [7, 11) is 1.72. The molecule has 3 rings (SSSR count). The van der Waals surface area contributed by atoms with Crippen molar-refractivity contribution in [1.29, 1.82) is 0 Å². The summed E-state index contributed by atoms with van der Waals surface area (Å²) >= 11 is 0. The number of hydrogen-bond acceptors (Lipinski definition) is 5. The van der Waals surface area contributed by atoms with E-state index in [4.69, 9.17) is 9.47 Å². The van der Waals surface area contributed by atoms with Crippen LogP contribution < -0.4 is 20.1 Å². The number of aromatic nitrogens is 1. The fourth-order valence-corrected chi connectivity index (χ4v) is 1.96. The zero-order chi connectivity index (χ0) is 13.9. The van der Waals surface area contributed by atoms with Crippen LogP contribution in [0.5, 0.6) is 11.5 Å². The van der Waals surface area contributed by atoms with E-state index in [1.807, 2.05) is 0 Å². The number of nitrogens with one attached hydrogen (secondary N) is 2. The van der Waals surface area contributed by atoms with Gasteiger partial charge in [-0.15, -0.1) is 0 Å². The normalized spacial score (nSPS) is 12.1. The molecule has 0 unspecified atom stereocenters. The monoisotopic (exact) mass is 271 g/mol. The Hall–Kier alpha value is -2.76. The molecule has 0 fully saturated rings. The molecule has 2 heterocycles. The maximum Gasteiger partial charge on any atom is 0.259 e. The number of fused-ring (bicyclic) bond motifs is 1. The SMILES string of the molecule is CNc1ncccc1C(=O)Nc1ccc2c(c1)OCO2. The molecule has 0 saturated heterocycles. The minimum Gasteiger partial charge on any atom is -0.454 e. The number of rotatable bonds is 3. The number of benzene rings is 1. The smallest absolute Gasteiger partial charge is 0.259 e. The Kier molecular flexibility index (Phi) is 3.12. The zero-order valence-electron chi connectivity index (χ0n) is 10.8. The molecule has 0 spiro atoms. The third-order valence-corrected chi connectivity index (χ3v) is 2.92. The summed E-state index contributed by atoms with van der Waals surface area (Å²) in [4.78, 5) is 16.3. The fraction of sp³-hybridized carbons (Fsp3) is 0.143. The molecule has 102 valence electrons. The van der Waals surface area contributed by atoms with Crippen molar-refractivity contribution in [3.63, 3.8) is 0 Å². The summed E-state index contributed by atoms with van der Waals surface area (Å²) in [6, 6.07) is 8.69. The number of amides is 1. The summed E-state index contributed by atoms with van der Waals surface area (Å²) in [6.07, 6.45) is 1.63. The van der Waals surface area contributed by atoms with E-state index in [-0.39, 0.29) is 12.7 Å². The summed E-state index contributed by atoms with van der Waals surface area (Å²) in [5.74, 6) is 1.61. The van der Waals surface area contributed by atoms with Crippen LogP contribution in [0.15, 0.2) is 36.5 Å². The van der Waals surface area contributed by atoms with Crippen LogP contribution in [0, 0.1) is 0 Å². The Morgan fingerprint density at radius 1 is 1.25 bits per heavy atom. The van der Waals surface area contributed by atoms with E-state index >= 15 is 0 Å². The van der Waals surface area contributed by atoms with E-state index in [0.29, 0.717) is 28.6 Å². The Morgan fingerprint density at radius 2 is 2.10 bits per heavy atom. The van der Waals surface area contributed by atoms with E-state index < -0.39 is 0 Å². The maximum atomic E-state index is 12.2. The molecule has 6 heteroatoms. The van der Waals surface area contributed by atoms with Gasteiger partial charge in [0.2, 0.25) is 6.79 Å². The van der Waals surface area contributed by atoms with Crippen LogP contribution in [0.4, 0.5) is 11.5 Å². The second-order valence-corrected chi connectivity index (χ2v) is 4.17. The molecule has 2 aromatic rings. The van der Waals surface area contributed by atoms with E-state index in [2.05, 4.69) is 15.6 Å². The summed E-state index contributed by atoms with van der Waals surface area (Å²) in [6.45, 7) is 0.208. The number of hydrogen-bond donors (Lipinski definition) is 2. The van der Waals surface area contributed by atoms with E-state index in [1.165, 1.54) is 0 Å². The summed E-state index contributed by atoms with van der Waals surface area (Å²) in [5.41, 5.74) is 1.12. The third kappa shape index (κ3) is 2.23. The van der Waals surface area contributed by atoms with Crippen molar-refractivity contribution >= 4 is 17.4 Å². The van der Waals surface area contributed by atoms with Crippen LogP contribution in [-0.2, 0) is 0 Å². The third-order valence-electron chi connectivity index (χ3n) is 2.92. The predicted molar refractivity (Wildman–Crippen MR) is 74.3 cm³/mol. The first-order chi connectivity index (χ1) is 9.78. The topological polar surface area (TPSA) is 72.5 Å². The highest BCUT2D eigenvalue weighted by atomic mass is 16.7. The molecule has 0 aliphatic carbocycles. The minimum atomic E-state index is -0.235. The lowest BCUT2D eigenvalue weighted by Gasteiger charge is -2.09. The van der Waals surface area contributed by atoms with Gasteiger partial charge in [0, 0.05) is 25.0 Å². The zero-order valence-corrected chi connectivity index (χ0v) is 10.8. The quantitative estimate of drug-likeness (QED) is 0.894. The van der Waals surface area contributed by atoms with Gasteiger partial charge in [-0.25, -0.2) is 4.98 Å². The molecular weight excluding hydrogens is 258 g/mol. The summed E-state index contributed by atoms with van der Waals surface area (Å²) < 4.78 is 10.5. The van der Waals surface area contributed by atoms with Crippen LogP contribution >= 0.6 is 0 Å². The molecule has 0 saturated carbocycles. The number of nitrogens with zero attached hydrogens (tertiary/aromatic N) is 1. The van der Waals surface area contributed by atoms with E-state index in [1.54, 1.807) is 43.6 Å². The Morgan fingerprint density at radius 3 is 2.95 bits per heavy atom. The van der Waals surface area contributed by atoms with Gasteiger partial charge in [-0.2, -0.15) is 0 Å². The lowest BCUT2D eigenvalue weighted by molar-refractivity contribution is 0.102. The van der Waals surface area contributed by atoms with Crippen molar-refractivity contribution in [3.05, 3.63) is 42.1 Å². The van der Waals surface area contributed by atoms with Gasteiger partial charge >= 0.3 is 0 Å². The molecular formula is C14H13N3O3. The predicted octanol–water partition coefficient (Wildman–Crippen LogP) is 2.10. The first kappa shape index (κ1) is 12.3. The fourth-order valence-electron chi connectivity index (χ4n) is 1.96. The Bertz CT molecular complexity index is 658. The average molecular weight is 271 g/mol. The van der Waals surface area contributed by atoms with E-state index in [0.717, 1.165) is 0 Å². The van der Waals surface area contributed by atoms with Crippen molar-refractivity contribution < 1.29 is 14.3 Å². The second kappa shape index (κ2) is 5.08. The van der Waals surface area contributed by atoms with Gasteiger partial charge in [-0.1, -0.05) is 0 Å². The molecule has 6 nitrogen and oxygen atoms in total. The van der Waals surface area contributed by atoms with Gasteiger partial charge in [-0.3, -0.25) is 4.79 Å². The number of pyridine rings is 1. The number of ether oxygens (including phenoxy) is 2. The van der Waals surface area contributed by atoms with Crippen LogP contribution in [0.2, 0.25) is 0 Å². The maximum absolute atomic E-state index is 12.2. The molecule has 1 aromatic carbocycles. The van der Waals surface area contributed by atoms with Crippen molar-refractivity contribution in [1.82, 2.24) is 4.98 Å². The van der Waals surface area contributed by atoms with Gasteiger partial charge < -0.3 is 20.1 Å². The highest BCUT2D eigenvalue weighted by molar-refractivity contribution is 6.07. The Balaban J connectivity index is 1.82. The van der Waals surface area contributed by atoms with Crippen LogP contribution in [0.1, 0.15) is 10.4 Å². The van der Waals surface area contributed by atoms with E-state index in [9.17, 15) is 4.79 Å². The van der Waals surface area contributed by atoms with Gasteiger partial charge in [0.05, 0.1) is 5.56 Å². The highest BCUT2D eigenvalue weighted by Gasteiger charge is 2.16. The number of carbonyl (C=O) groups is 1. The van der Waals surface area contributed by atoms with Crippen molar-refractivity contribution in [3.8, 4) is 11.5 Å². The first-order valence-electron chi connectivity index (χ1n) is 6.11. The molecule has 20 heavy (non-hydrogen) atoms. The van der Waals surface area contributed by atoms with Crippen molar-refractivity contribution in [2.24, 2.45) is 0 Å². The second-order valence-electron chi connectivity index (χ2n) is 4.17. The highest BCUT2D eigenvalue weighted by Crippen LogP contribution is 2.34. The molecule has 0 bridgehead atoms. The van der Waals surface area contributed by atoms with Gasteiger partial charge in [-0.05, 0) is 24.3 Å². The number of anilines is 2. The van der Waals surface area contributed by atoms with Gasteiger partial charge in [0.15, 0.2) is 11.5 Å². The van der Waals surface area contributed by atoms with Gasteiger partial charge in [0.1, 0.15) is 5.82 Å². The first-order valence-corrected chi connectivity index (χ1v) is 6.11. The molecule has 1 aliphatic heterocycles. The standard InChI is InChI=1S/C14H13N3O3/c1-15-13-10(3-2-6-16-13)14(18)17-9-4-5-11-12(7-9)20-8-19-11/h2-7H,8H2,1H3,(H,15,16)(H,17,18). The average Bonchev–Trinajstić information content (AvgIpc) is 2.94. The molecule has 1 aromatic heterocycles. The van der Waals surface area contributed by atoms with Gasteiger partial charge in [0.25, 0.3) is 5.91 Å². The molecule has 0 radical (unpaired) electrons. The molecule has 2 N–H and O–H groups in total. The molecule has 1 amide bonds. The van der Waals surface area contributed by atoms with Crippen LogP contribution in [-0.4, -0.2) is 24.7 Å². The lowest BCUT2D eigenvalue weighted by Crippen LogP contribution is -2.14. The van der Waals surface area contributed by atoms with Crippen molar-refractivity contribution in [2.45, 2.75) is 0 Å². The largest absolute Gasteiger partial charge is 0.454 e. The number of carbonyl (C=O) groups excluding carboxylic acids is 1. The molecule has 1 aliphatic rings. The van der Waals surface area contributed by atoms with Crippen LogP contribution in [0.3, 0.4) is 0 Å². The lowest BCUT2D eigenvalue weighted by atomic mass is 10.2.